The first-order chi connectivity index (χ1) is 11.0. The van der Waals surface area contributed by atoms with E-state index < -0.39 is 12.1 Å². The van der Waals surface area contributed by atoms with Crippen LogP contribution in [0.4, 0.5) is 4.79 Å². The summed E-state index contributed by atoms with van der Waals surface area (Å²) in [6.45, 7) is 2.13. The van der Waals surface area contributed by atoms with Gasteiger partial charge >= 0.3 is 6.09 Å². The fraction of sp³-hybridized carbons (Fsp3) is 0.357. The third kappa shape index (κ3) is 3.12. The molecule has 1 aliphatic rings. The molecule has 1 saturated heterocycles. The highest BCUT2D eigenvalue weighted by atomic mass is 16.4. The van der Waals surface area contributed by atoms with E-state index >= 15 is 0 Å². The van der Waals surface area contributed by atoms with E-state index in [2.05, 4.69) is 20.7 Å². The number of nitrogens with one attached hydrogen (secondary N) is 1. The summed E-state index contributed by atoms with van der Waals surface area (Å²) in [7, 11) is 0. The fourth-order valence-corrected chi connectivity index (χ4v) is 2.58. The van der Waals surface area contributed by atoms with Gasteiger partial charge in [-0.15, -0.1) is 10.2 Å². The molecule has 0 radical (unpaired) electrons. The van der Waals surface area contributed by atoms with Gasteiger partial charge in [-0.2, -0.15) is 4.80 Å². The lowest BCUT2D eigenvalue weighted by Gasteiger charge is -2.42. The summed E-state index contributed by atoms with van der Waals surface area (Å²) in [4.78, 5) is 26.0. The zero-order chi connectivity index (χ0) is 16.4. The summed E-state index contributed by atoms with van der Waals surface area (Å²) in [6, 6.07) is 8.01. The molecule has 9 heteroatoms. The molecule has 1 aliphatic heterocycles. The Balaban J connectivity index is 1.74. The lowest BCUT2D eigenvalue weighted by atomic mass is 9.97. The molecule has 0 saturated carbocycles. The van der Waals surface area contributed by atoms with Crippen molar-refractivity contribution in [2.45, 2.75) is 32.1 Å². The van der Waals surface area contributed by atoms with E-state index in [1.807, 2.05) is 30.3 Å². The van der Waals surface area contributed by atoms with Gasteiger partial charge < -0.3 is 10.4 Å². The van der Waals surface area contributed by atoms with Gasteiger partial charge in [0.15, 0.2) is 5.82 Å². The number of hydrogen-bond acceptors (Lipinski definition) is 5. The topological polar surface area (TPSA) is 113 Å². The molecule has 3 rings (SSSR count). The van der Waals surface area contributed by atoms with E-state index in [0.29, 0.717) is 5.82 Å². The Kier molecular flexibility index (Phi) is 3.92. The number of hydrogen-bond donors (Lipinski definition) is 2. The van der Waals surface area contributed by atoms with Crippen LogP contribution in [-0.4, -0.2) is 54.3 Å². The van der Waals surface area contributed by atoms with Gasteiger partial charge in [0.1, 0.15) is 6.04 Å². The molecule has 9 nitrogen and oxygen atoms in total. The third-order valence-electron chi connectivity index (χ3n) is 3.67. The van der Waals surface area contributed by atoms with Gasteiger partial charge in [-0.3, -0.25) is 9.69 Å². The number of rotatable bonds is 5. The molecular formula is C14H16N6O3. The van der Waals surface area contributed by atoms with Crippen LogP contribution in [0.1, 0.15) is 11.4 Å². The zero-order valence-corrected chi connectivity index (χ0v) is 12.5. The average molecular weight is 316 g/mol. The summed E-state index contributed by atoms with van der Waals surface area (Å²) in [5.74, 6) is 0.205. The monoisotopic (exact) mass is 316 g/mol. The predicted octanol–water partition coefficient (Wildman–Crippen LogP) is 0.0287. The lowest BCUT2D eigenvalue weighted by molar-refractivity contribution is -0.137. The quantitative estimate of drug-likeness (QED) is 0.752. The van der Waals surface area contributed by atoms with Crippen molar-refractivity contribution in [3.05, 3.63) is 41.7 Å². The maximum absolute atomic E-state index is 11.9. The molecule has 1 aromatic carbocycles. The molecule has 2 heterocycles. The number of amides is 2. The fourth-order valence-electron chi connectivity index (χ4n) is 2.58. The van der Waals surface area contributed by atoms with Crippen molar-refractivity contribution in [1.29, 1.82) is 0 Å². The van der Waals surface area contributed by atoms with Crippen molar-refractivity contribution in [2.75, 3.05) is 0 Å². The van der Waals surface area contributed by atoms with Gasteiger partial charge in [0.25, 0.3) is 0 Å². The van der Waals surface area contributed by atoms with Crippen LogP contribution in [0, 0.1) is 6.92 Å². The third-order valence-corrected chi connectivity index (χ3v) is 3.67. The average Bonchev–Trinajstić information content (AvgIpc) is 2.92. The highest BCUT2D eigenvalue weighted by molar-refractivity contribution is 5.92. The molecule has 2 amide bonds. The lowest BCUT2D eigenvalue weighted by Crippen LogP contribution is -2.70. The van der Waals surface area contributed by atoms with E-state index in [-0.39, 0.29) is 25.0 Å². The van der Waals surface area contributed by atoms with E-state index in [9.17, 15) is 14.7 Å². The molecule has 0 aliphatic carbocycles. The Bertz CT molecular complexity index is 716. The largest absolute Gasteiger partial charge is 0.465 e. The van der Waals surface area contributed by atoms with Crippen LogP contribution in [-0.2, 0) is 17.9 Å². The van der Waals surface area contributed by atoms with Crippen LogP contribution in [0.5, 0.6) is 0 Å². The van der Waals surface area contributed by atoms with Crippen molar-refractivity contribution < 1.29 is 14.7 Å². The van der Waals surface area contributed by atoms with Crippen molar-refractivity contribution in [3.63, 3.8) is 0 Å². The number of carboxylic acid groups (broad SMARTS) is 1. The first kappa shape index (κ1) is 14.9. The number of aryl methyl sites for hydroxylation is 1. The minimum absolute atomic E-state index is 0.147. The Morgan fingerprint density at radius 1 is 1.39 bits per heavy atom. The number of carbonyl (C=O) groups is 2. The molecule has 2 N–H and O–H groups in total. The van der Waals surface area contributed by atoms with Crippen molar-refractivity contribution in [2.24, 2.45) is 0 Å². The number of benzene rings is 1. The first-order valence-electron chi connectivity index (χ1n) is 7.13. The Morgan fingerprint density at radius 2 is 2.13 bits per heavy atom. The Labute approximate surface area is 131 Å². The molecule has 1 aromatic heterocycles. The number of carbonyl (C=O) groups excluding carboxylic acids is 1. The molecule has 0 bridgehead atoms. The molecule has 120 valence electrons. The highest BCUT2D eigenvalue weighted by Crippen LogP contribution is 2.19. The van der Waals surface area contributed by atoms with Crippen LogP contribution in [0.25, 0.3) is 0 Å². The molecule has 1 fully saturated rings. The molecule has 0 spiro atoms. The van der Waals surface area contributed by atoms with Crippen LogP contribution in [0.3, 0.4) is 0 Å². The van der Waals surface area contributed by atoms with Crippen LogP contribution >= 0.6 is 0 Å². The van der Waals surface area contributed by atoms with Gasteiger partial charge in [-0.05, 0) is 17.7 Å². The molecule has 2 atom stereocenters. The first-order valence-corrected chi connectivity index (χ1v) is 7.13. The van der Waals surface area contributed by atoms with Gasteiger partial charge in [0, 0.05) is 6.54 Å². The number of aromatic nitrogens is 4. The summed E-state index contributed by atoms with van der Waals surface area (Å²) < 4.78 is 0. The zero-order valence-electron chi connectivity index (χ0n) is 12.5. The van der Waals surface area contributed by atoms with E-state index in [1.165, 1.54) is 4.80 Å². The minimum Gasteiger partial charge on any atom is -0.465 e. The molecular weight excluding hydrogens is 300 g/mol. The van der Waals surface area contributed by atoms with Gasteiger partial charge in [-0.1, -0.05) is 30.3 Å². The SMILES string of the molecule is Cc1nnn(C[C@@H]2NC(=O)[C@H]2N(Cc2ccccc2)C(=O)O)n1. The van der Waals surface area contributed by atoms with Crippen LogP contribution in [0.2, 0.25) is 0 Å². The van der Waals surface area contributed by atoms with Crippen LogP contribution < -0.4 is 5.32 Å². The summed E-state index contributed by atoms with van der Waals surface area (Å²) in [5.41, 5.74) is 0.822. The molecule has 2 aromatic rings. The second-order valence-corrected chi connectivity index (χ2v) is 5.35. The second-order valence-electron chi connectivity index (χ2n) is 5.35. The summed E-state index contributed by atoms with van der Waals surface area (Å²) in [5, 5.41) is 23.8. The predicted molar refractivity (Wildman–Crippen MR) is 78.3 cm³/mol. The maximum Gasteiger partial charge on any atom is 0.408 e. The minimum atomic E-state index is -1.14. The normalized spacial score (nSPS) is 19.8. The second kappa shape index (κ2) is 6.03. The van der Waals surface area contributed by atoms with E-state index in [1.54, 1.807) is 6.92 Å². The van der Waals surface area contributed by atoms with E-state index in [0.717, 1.165) is 10.5 Å². The summed E-state index contributed by atoms with van der Waals surface area (Å²) >= 11 is 0. The van der Waals surface area contributed by atoms with E-state index in [4.69, 9.17) is 0 Å². The summed E-state index contributed by atoms with van der Waals surface area (Å²) in [6.07, 6.45) is -1.14. The van der Waals surface area contributed by atoms with Gasteiger partial charge in [0.05, 0.1) is 12.6 Å². The van der Waals surface area contributed by atoms with Crippen molar-refractivity contribution in [1.82, 2.24) is 30.4 Å². The Morgan fingerprint density at radius 3 is 2.70 bits per heavy atom. The smallest absolute Gasteiger partial charge is 0.408 e. The number of nitrogens with zero attached hydrogens (tertiary/aromatic N) is 5. The van der Waals surface area contributed by atoms with Crippen molar-refractivity contribution in [3.8, 4) is 0 Å². The molecule has 23 heavy (non-hydrogen) atoms. The highest BCUT2D eigenvalue weighted by Gasteiger charge is 2.46. The standard InChI is InChI=1S/C14H16N6O3/c1-9-16-18-20(17-9)8-11-12(13(21)15-11)19(14(22)23)7-10-5-3-2-4-6-10/h2-6,11-12H,7-8H2,1H3,(H,15,21)(H,22,23)/t11-,12-/m0/s1. The van der Waals surface area contributed by atoms with Crippen LogP contribution in [0.15, 0.2) is 30.3 Å². The van der Waals surface area contributed by atoms with Crippen molar-refractivity contribution >= 4 is 12.0 Å². The number of β-lactam (4-membered cyclic amide) rings is 1. The Hall–Kier alpha value is -2.97. The number of tetrazole rings is 1. The van der Waals surface area contributed by atoms with Gasteiger partial charge in [-0.25, -0.2) is 4.79 Å². The molecule has 0 unspecified atom stereocenters. The maximum atomic E-state index is 11.9. The van der Waals surface area contributed by atoms with Gasteiger partial charge in [0.2, 0.25) is 5.91 Å².